The highest BCUT2D eigenvalue weighted by Gasteiger charge is 2.18. The molecule has 1 aliphatic carbocycles. The number of hydrogen-bond donors (Lipinski definition) is 2. The SMILES string of the molecule is CCSCCC(C)NCC(O)COCC1CC=CCC1C. The van der Waals surface area contributed by atoms with Gasteiger partial charge in [0.1, 0.15) is 0 Å². The van der Waals surface area contributed by atoms with Crippen molar-refractivity contribution in [3.63, 3.8) is 0 Å². The van der Waals surface area contributed by atoms with E-state index in [0.717, 1.165) is 25.9 Å². The summed E-state index contributed by atoms with van der Waals surface area (Å²) >= 11 is 1.97. The molecule has 0 saturated carbocycles. The number of hydrogen-bond acceptors (Lipinski definition) is 4. The lowest BCUT2D eigenvalue weighted by Gasteiger charge is -2.25. The first-order valence-electron chi connectivity index (χ1n) is 8.35. The summed E-state index contributed by atoms with van der Waals surface area (Å²) in [4.78, 5) is 0. The fraction of sp³-hybridized carbons (Fsp3) is 0.882. The third kappa shape index (κ3) is 8.87. The van der Waals surface area contributed by atoms with E-state index in [0.29, 0.717) is 31.0 Å². The van der Waals surface area contributed by atoms with Crippen LogP contribution in [-0.4, -0.2) is 48.5 Å². The van der Waals surface area contributed by atoms with Gasteiger partial charge < -0.3 is 15.2 Å². The molecule has 0 aromatic carbocycles. The first-order valence-corrected chi connectivity index (χ1v) is 9.50. The summed E-state index contributed by atoms with van der Waals surface area (Å²) in [6.07, 6.45) is 7.53. The predicted octanol–water partition coefficient (Wildman–Crippen LogP) is 3.09. The van der Waals surface area contributed by atoms with Crippen molar-refractivity contribution >= 4 is 11.8 Å². The van der Waals surface area contributed by atoms with Gasteiger partial charge in [-0.3, -0.25) is 0 Å². The monoisotopic (exact) mass is 315 g/mol. The van der Waals surface area contributed by atoms with Crippen molar-refractivity contribution in [1.29, 1.82) is 0 Å². The number of rotatable bonds is 11. The van der Waals surface area contributed by atoms with Crippen LogP contribution in [0.15, 0.2) is 12.2 Å². The molecule has 0 aliphatic heterocycles. The minimum atomic E-state index is -0.402. The Labute approximate surface area is 134 Å². The van der Waals surface area contributed by atoms with Gasteiger partial charge in [0, 0.05) is 12.6 Å². The van der Waals surface area contributed by atoms with Gasteiger partial charge in [-0.2, -0.15) is 11.8 Å². The molecule has 0 aromatic heterocycles. The van der Waals surface area contributed by atoms with E-state index < -0.39 is 6.10 Å². The second-order valence-electron chi connectivity index (χ2n) is 6.17. The number of aliphatic hydroxyl groups is 1. The zero-order valence-corrected chi connectivity index (χ0v) is 14.7. The van der Waals surface area contributed by atoms with E-state index in [1.54, 1.807) is 0 Å². The number of allylic oxidation sites excluding steroid dienone is 2. The van der Waals surface area contributed by atoms with Crippen molar-refractivity contribution in [1.82, 2.24) is 5.32 Å². The number of thioether (sulfide) groups is 1. The summed E-state index contributed by atoms with van der Waals surface area (Å²) in [6.45, 7) is 8.48. The molecule has 0 spiro atoms. The van der Waals surface area contributed by atoms with Gasteiger partial charge in [-0.1, -0.05) is 26.0 Å². The fourth-order valence-electron chi connectivity index (χ4n) is 2.50. The molecule has 0 heterocycles. The average molecular weight is 316 g/mol. The third-order valence-corrected chi connectivity index (χ3v) is 5.09. The Kier molecular flexibility index (Phi) is 10.4. The molecule has 0 aromatic rings. The van der Waals surface area contributed by atoms with Crippen LogP contribution in [0.3, 0.4) is 0 Å². The maximum absolute atomic E-state index is 9.96. The lowest BCUT2D eigenvalue weighted by molar-refractivity contribution is 0.0120. The van der Waals surface area contributed by atoms with Gasteiger partial charge in [0.15, 0.2) is 0 Å². The van der Waals surface area contributed by atoms with E-state index in [1.807, 2.05) is 11.8 Å². The van der Waals surface area contributed by atoms with E-state index in [4.69, 9.17) is 4.74 Å². The fourth-order valence-corrected chi connectivity index (χ4v) is 3.31. The summed E-state index contributed by atoms with van der Waals surface area (Å²) in [5.74, 6) is 3.67. The van der Waals surface area contributed by atoms with Crippen LogP contribution in [0, 0.1) is 11.8 Å². The Balaban J connectivity index is 2.03. The lowest BCUT2D eigenvalue weighted by Crippen LogP contribution is -2.36. The second kappa shape index (κ2) is 11.5. The number of ether oxygens (including phenoxy) is 1. The highest BCUT2D eigenvalue weighted by atomic mass is 32.2. The summed E-state index contributed by atoms with van der Waals surface area (Å²) in [5, 5.41) is 13.3. The zero-order valence-electron chi connectivity index (χ0n) is 13.9. The van der Waals surface area contributed by atoms with Gasteiger partial charge in [0.05, 0.1) is 19.3 Å². The van der Waals surface area contributed by atoms with E-state index in [9.17, 15) is 5.11 Å². The van der Waals surface area contributed by atoms with Gasteiger partial charge in [-0.05, 0) is 49.5 Å². The molecule has 0 saturated heterocycles. The molecule has 124 valence electrons. The topological polar surface area (TPSA) is 41.5 Å². The zero-order chi connectivity index (χ0) is 15.5. The minimum Gasteiger partial charge on any atom is -0.389 e. The van der Waals surface area contributed by atoms with Gasteiger partial charge >= 0.3 is 0 Å². The molecule has 21 heavy (non-hydrogen) atoms. The quantitative estimate of drug-likeness (QED) is 0.454. The van der Waals surface area contributed by atoms with Crippen molar-refractivity contribution in [3.8, 4) is 0 Å². The Morgan fingerprint density at radius 2 is 2.14 bits per heavy atom. The average Bonchev–Trinajstić information content (AvgIpc) is 2.47. The summed E-state index contributed by atoms with van der Waals surface area (Å²) in [6, 6.07) is 0.460. The Morgan fingerprint density at radius 3 is 2.86 bits per heavy atom. The third-order valence-electron chi connectivity index (χ3n) is 4.16. The highest BCUT2D eigenvalue weighted by molar-refractivity contribution is 7.99. The number of aliphatic hydroxyl groups excluding tert-OH is 1. The molecular weight excluding hydrogens is 282 g/mol. The van der Waals surface area contributed by atoms with Gasteiger partial charge in [0.2, 0.25) is 0 Å². The molecule has 1 rings (SSSR count). The minimum absolute atomic E-state index is 0.402. The van der Waals surface area contributed by atoms with E-state index >= 15 is 0 Å². The molecule has 4 atom stereocenters. The maximum atomic E-state index is 9.96. The standard InChI is InChI=1S/C17H33NO2S/c1-4-21-10-9-15(3)18-11-17(19)13-20-12-16-8-6-5-7-14(16)2/h5-6,14-19H,4,7-13H2,1-3H3. The predicted molar refractivity (Wildman–Crippen MR) is 92.9 cm³/mol. The summed E-state index contributed by atoms with van der Waals surface area (Å²) in [7, 11) is 0. The Hall–Kier alpha value is -0.0300. The summed E-state index contributed by atoms with van der Waals surface area (Å²) in [5.41, 5.74) is 0. The molecule has 1 aliphatic rings. The van der Waals surface area contributed by atoms with Crippen LogP contribution in [0.2, 0.25) is 0 Å². The Bertz CT molecular complexity index is 286. The molecule has 0 amide bonds. The van der Waals surface area contributed by atoms with Crippen molar-refractivity contribution < 1.29 is 9.84 Å². The highest BCUT2D eigenvalue weighted by Crippen LogP contribution is 2.24. The van der Waals surface area contributed by atoms with Crippen LogP contribution in [0.4, 0.5) is 0 Å². The molecule has 3 nitrogen and oxygen atoms in total. The van der Waals surface area contributed by atoms with Crippen molar-refractivity contribution in [2.75, 3.05) is 31.3 Å². The van der Waals surface area contributed by atoms with Gasteiger partial charge in [-0.25, -0.2) is 0 Å². The first-order chi connectivity index (χ1) is 10.1. The van der Waals surface area contributed by atoms with E-state index in [-0.39, 0.29) is 0 Å². The molecule has 0 fully saturated rings. The van der Waals surface area contributed by atoms with Crippen LogP contribution in [0.1, 0.15) is 40.0 Å². The maximum Gasteiger partial charge on any atom is 0.0897 e. The largest absolute Gasteiger partial charge is 0.389 e. The smallest absolute Gasteiger partial charge is 0.0897 e. The molecule has 0 bridgehead atoms. The van der Waals surface area contributed by atoms with Crippen LogP contribution < -0.4 is 5.32 Å². The number of nitrogens with one attached hydrogen (secondary N) is 1. The van der Waals surface area contributed by atoms with E-state index in [1.165, 1.54) is 11.5 Å². The summed E-state index contributed by atoms with van der Waals surface area (Å²) < 4.78 is 5.71. The normalized spacial score (nSPS) is 25.0. The molecule has 2 N–H and O–H groups in total. The van der Waals surface area contributed by atoms with Crippen molar-refractivity contribution in [2.24, 2.45) is 11.8 Å². The molecule has 0 radical (unpaired) electrons. The van der Waals surface area contributed by atoms with Crippen LogP contribution in [0.5, 0.6) is 0 Å². The second-order valence-corrected chi connectivity index (χ2v) is 7.56. The first kappa shape index (κ1) is 19.0. The van der Waals surface area contributed by atoms with E-state index in [2.05, 4.69) is 38.2 Å². The molecule has 4 heteroatoms. The molecular formula is C17H33NO2S. The van der Waals surface area contributed by atoms with Crippen LogP contribution >= 0.6 is 11.8 Å². The van der Waals surface area contributed by atoms with Gasteiger partial charge in [0.25, 0.3) is 0 Å². The van der Waals surface area contributed by atoms with Crippen molar-refractivity contribution in [2.45, 2.75) is 52.2 Å². The van der Waals surface area contributed by atoms with Gasteiger partial charge in [-0.15, -0.1) is 0 Å². The molecule has 4 unspecified atom stereocenters. The van der Waals surface area contributed by atoms with Crippen LogP contribution in [0.25, 0.3) is 0 Å². The Morgan fingerprint density at radius 1 is 1.38 bits per heavy atom. The van der Waals surface area contributed by atoms with Crippen LogP contribution in [-0.2, 0) is 4.74 Å². The van der Waals surface area contributed by atoms with Crippen molar-refractivity contribution in [3.05, 3.63) is 12.2 Å². The lowest BCUT2D eigenvalue weighted by atomic mass is 9.85.